The Morgan fingerprint density at radius 1 is 1.32 bits per heavy atom. The number of hydrogen-bond acceptors (Lipinski definition) is 2. The standard InChI is InChI=1S/C15H17NO3/c1-9-4-5-10-7-11(8-15(2,3)14(18)19)13(17)16-12(10)6-9/h4-7H,8H2,1-3H3,(H,16,17)(H,18,19). The van der Waals surface area contributed by atoms with E-state index in [-0.39, 0.29) is 12.0 Å². The average molecular weight is 259 g/mol. The summed E-state index contributed by atoms with van der Waals surface area (Å²) in [4.78, 5) is 25.9. The number of H-pyrrole nitrogens is 1. The molecule has 0 unspecified atom stereocenters. The summed E-state index contributed by atoms with van der Waals surface area (Å²) >= 11 is 0. The van der Waals surface area contributed by atoms with Crippen molar-refractivity contribution in [1.29, 1.82) is 0 Å². The number of nitrogens with one attached hydrogen (secondary N) is 1. The minimum Gasteiger partial charge on any atom is -0.481 e. The van der Waals surface area contributed by atoms with Gasteiger partial charge in [-0.2, -0.15) is 0 Å². The molecule has 19 heavy (non-hydrogen) atoms. The molecule has 100 valence electrons. The first-order chi connectivity index (χ1) is 8.79. The molecule has 0 saturated carbocycles. The summed E-state index contributed by atoms with van der Waals surface area (Å²) in [5.74, 6) is -0.907. The summed E-state index contributed by atoms with van der Waals surface area (Å²) in [5.41, 5.74) is 1.19. The number of carbonyl (C=O) groups is 1. The number of aliphatic carboxylic acids is 1. The Hall–Kier alpha value is -2.10. The van der Waals surface area contributed by atoms with Gasteiger partial charge in [0.25, 0.3) is 5.56 Å². The monoisotopic (exact) mass is 259 g/mol. The van der Waals surface area contributed by atoms with Crippen LogP contribution in [0.1, 0.15) is 25.0 Å². The lowest BCUT2D eigenvalue weighted by molar-refractivity contribution is -0.146. The van der Waals surface area contributed by atoms with Gasteiger partial charge in [0.1, 0.15) is 0 Å². The fourth-order valence-corrected chi connectivity index (χ4v) is 2.04. The molecule has 1 aromatic heterocycles. The second-order valence-corrected chi connectivity index (χ2v) is 5.58. The molecular weight excluding hydrogens is 242 g/mol. The lowest BCUT2D eigenvalue weighted by Crippen LogP contribution is -2.29. The van der Waals surface area contributed by atoms with Gasteiger partial charge >= 0.3 is 5.97 Å². The van der Waals surface area contributed by atoms with Crippen LogP contribution in [0.2, 0.25) is 0 Å². The van der Waals surface area contributed by atoms with Gasteiger partial charge < -0.3 is 10.1 Å². The van der Waals surface area contributed by atoms with E-state index < -0.39 is 11.4 Å². The minimum atomic E-state index is -0.953. The van der Waals surface area contributed by atoms with Crippen LogP contribution in [0.25, 0.3) is 10.9 Å². The largest absolute Gasteiger partial charge is 0.481 e. The molecule has 4 nitrogen and oxygen atoms in total. The summed E-state index contributed by atoms with van der Waals surface area (Å²) in [6.45, 7) is 5.20. The molecule has 0 spiro atoms. The van der Waals surface area contributed by atoms with Gasteiger partial charge in [-0.25, -0.2) is 0 Å². The fourth-order valence-electron chi connectivity index (χ4n) is 2.04. The number of carboxylic acid groups (broad SMARTS) is 1. The summed E-state index contributed by atoms with van der Waals surface area (Å²) < 4.78 is 0. The highest BCUT2D eigenvalue weighted by atomic mass is 16.4. The number of aromatic nitrogens is 1. The zero-order valence-electron chi connectivity index (χ0n) is 11.3. The fraction of sp³-hybridized carbons (Fsp3) is 0.333. The quantitative estimate of drug-likeness (QED) is 0.889. The molecule has 2 N–H and O–H groups in total. The summed E-state index contributed by atoms with van der Waals surface area (Å²) in [5, 5.41) is 10.0. The van der Waals surface area contributed by atoms with Gasteiger partial charge in [-0.3, -0.25) is 9.59 Å². The maximum Gasteiger partial charge on any atom is 0.309 e. The Morgan fingerprint density at radius 2 is 2.00 bits per heavy atom. The first-order valence-corrected chi connectivity index (χ1v) is 6.15. The van der Waals surface area contributed by atoms with Crippen molar-refractivity contribution < 1.29 is 9.90 Å². The van der Waals surface area contributed by atoms with Crippen molar-refractivity contribution in [2.75, 3.05) is 0 Å². The Balaban J connectivity index is 2.51. The van der Waals surface area contributed by atoms with Crippen LogP contribution >= 0.6 is 0 Å². The minimum absolute atomic E-state index is 0.210. The van der Waals surface area contributed by atoms with Crippen LogP contribution in [0.3, 0.4) is 0 Å². The van der Waals surface area contributed by atoms with Crippen molar-refractivity contribution in [3.63, 3.8) is 0 Å². The topological polar surface area (TPSA) is 70.2 Å². The lowest BCUT2D eigenvalue weighted by atomic mass is 9.86. The molecule has 1 aromatic carbocycles. The zero-order chi connectivity index (χ0) is 14.2. The van der Waals surface area contributed by atoms with Gasteiger partial charge in [-0.15, -0.1) is 0 Å². The van der Waals surface area contributed by atoms with Gasteiger partial charge in [0.05, 0.1) is 5.41 Å². The van der Waals surface area contributed by atoms with Crippen molar-refractivity contribution in [3.05, 3.63) is 45.7 Å². The number of aromatic amines is 1. The van der Waals surface area contributed by atoms with Gasteiger partial charge in [-0.1, -0.05) is 12.1 Å². The molecule has 0 bridgehead atoms. The van der Waals surface area contributed by atoms with Crippen LogP contribution in [0.5, 0.6) is 0 Å². The third-order valence-corrected chi connectivity index (χ3v) is 3.29. The number of hydrogen-bond donors (Lipinski definition) is 2. The van der Waals surface area contributed by atoms with E-state index in [1.165, 1.54) is 0 Å². The van der Waals surface area contributed by atoms with Gasteiger partial charge in [0.15, 0.2) is 0 Å². The molecule has 0 amide bonds. The zero-order valence-corrected chi connectivity index (χ0v) is 11.3. The van der Waals surface area contributed by atoms with E-state index in [9.17, 15) is 9.59 Å². The van der Waals surface area contributed by atoms with Crippen LogP contribution in [0.4, 0.5) is 0 Å². The van der Waals surface area contributed by atoms with Gasteiger partial charge in [0.2, 0.25) is 0 Å². The molecule has 0 fully saturated rings. The highest BCUT2D eigenvalue weighted by molar-refractivity contribution is 5.80. The number of rotatable bonds is 3. The van der Waals surface area contributed by atoms with E-state index >= 15 is 0 Å². The van der Waals surface area contributed by atoms with Crippen molar-refractivity contribution in [1.82, 2.24) is 4.98 Å². The highest BCUT2D eigenvalue weighted by Crippen LogP contribution is 2.22. The number of benzene rings is 1. The van der Waals surface area contributed by atoms with Crippen molar-refractivity contribution in [2.24, 2.45) is 5.41 Å². The maximum absolute atomic E-state index is 12.0. The molecule has 0 radical (unpaired) electrons. The summed E-state index contributed by atoms with van der Waals surface area (Å²) in [7, 11) is 0. The molecule has 0 aliphatic carbocycles. The van der Waals surface area contributed by atoms with Crippen LogP contribution in [0, 0.1) is 12.3 Å². The molecule has 2 rings (SSSR count). The first kappa shape index (κ1) is 13.3. The summed E-state index contributed by atoms with van der Waals surface area (Å²) in [6.07, 6.45) is 0.210. The third-order valence-electron chi connectivity index (χ3n) is 3.29. The molecule has 0 saturated heterocycles. The Labute approximate surface area is 111 Å². The molecule has 0 atom stereocenters. The second kappa shape index (κ2) is 4.53. The molecule has 4 heteroatoms. The smallest absolute Gasteiger partial charge is 0.309 e. The molecule has 0 aliphatic heterocycles. The first-order valence-electron chi connectivity index (χ1n) is 6.15. The Morgan fingerprint density at radius 3 is 2.63 bits per heavy atom. The van der Waals surface area contributed by atoms with E-state index in [2.05, 4.69) is 4.98 Å². The number of fused-ring (bicyclic) bond motifs is 1. The van der Waals surface area contributed by atoms with E-state index in [1.54, 1.807) is 19.9 Å². The van der Waals surface area contributed by atoms with Crippen molar-refractivity contribution >= 4 is 16.9 Å². The predicted octanol–water partition coefficient (Wildman–Crippen LogP) is 2.49. The Bertz CT molecular complexity index is 698. The molecule has 2 aromatic rings. The van der Waals surface area contributed by atoms with Crippen molar-refractivity contribution in [2.45, 2.75) is 27.2 Å². The Kier molecular flexibility index (Phi) is 3.18. The van der Waals surface area contributed by atoms with E-state index in [1.807, 2.05) is 25.1 Å². The lowest BCUT2D eigenvalue weighted by Gasteiger charge is -2.18. The van der Waals surface area contributed by atoms with Crippen LogP contribution in [-0.4, -0.2) is 16.1 Å². The van der Waals surface area contributed by atoms with E-state index in [0.717, 1.165) is 16.5 Å². The SMILES string of the molecule is Cc1ccc2cc(CC(C)(C)C(=O)O)c(=O)[nH]c2c1. The highest BCUT2D eigenvalue weighted by Gasteiger charge is 2.28. The maximum atomic E-state index is 12.0. The van der Waals surface area contributed by atoms with Crippen LogP contribution in [-0.2, 0) is 11.2 Å². The number of carboxylic acids is 1. The molecule has 0 aliphatic rings. The molecule has 1 heterocycles. The normalized spacial score (nSPS) is 11.7. The predicted molar refractivity (Wildman–Crippen MR) is 74.4 cm³/mol. The van der Waals surface area contributed by atoms with E-state index in [0.29, 0.717) is 5.56 Å². The second-order valence-electron chi connectivity index (χ2n) is 5.58. The van der Waals surface area contributed by atoms with Gasteiger partial charge in [-0.05, 0) is 50.3 Å². The average Bonchev–Trinajstić information content (AvgIpc) is 2.30. The number of pyridine rings is 1. The van der Waals surface area contributed by atoms with Crippen LogP contribution in [0.15, 0.2) is 29.1 Å². The third kappa shape index (κ3) is 2.67. The van der Waals surface area contributed by atoms with Gasteiger partial charge in [0, 0.05) is 11.1 Å². The van der Waals surface area contributed by atoms with Crippen LogP contribution < -0.4 is 5.56 Å². The van der Waals surface area contributed by atoms with E-state index in [4.69, 9.17) is 5.11 Å². The summed E-state index contributed by atoms with van der Waals surface area (Å²) in [6, 6.07) is 7.58. The molecular formula is C15H17NO3. The number of aryl methyl sites for hydroxylation is 1. The van der Waals surface area contributed by atoms with Crippen molar-refractivity contribution in [3.8, 4) is 0 Å².